The number of unbranched alkanes of at least 4 members (excludes halogenated alkanes) is 8. The quantitative estimate of drug-likeness (QED) is 0.366. The summed E-state index contributed by atoms with van der Waals surface area (Å²) in [6, 6.07) is 0. The first-order valence-electron chi connectivity index (χ1n) is 8.53. The maximum Gasteiger partial charge on any atom is 0.303 e. The highest BCUT2D eigenvalue weighted by Gasteiger charge is 1.96. The van der Waals surface area contributed by atoms with E-state index in [1.54, 1.807) is 7.05 Å². The summed E-state index contributed by atoms with van der Waals surface area (Å²) in [6.45, 7) is 2.23. The summed E-state index contributed by atoms with van der Waals surface area (Å²) in [5.74, 6) is 0.234. The second-order valence-corrected chi connectivity index (χ2v) is 5.66. The lowest BCUT2D eigenvalue weighted by atomic mass is 10.1. The average Bonchev–Trinajstić information content (AvgIpc) is 2.47. The Morgan fingerprint density at radius 1 is 1.00 bits per heavy atom. The molecule has 0 saturated carbocycles. The van der Waals surface area contributed by atoms with Crippen molar-refractivity contribution in [1.82, 2.24) is 10.2 Å². The molecule has 0 aliphatic heterocycles. The van der Waals surface area contributed by atoms with Crippen LogP contribution in [0.1, 0.15) is 71.1 Å². The van der Waals surface area contributed by atoms with Crippen molar-refractivity contribution < 1.29 is 9.90 Å². The van der Waals surface area contributed by atoms with Crippen molar-refractivity contribution in [2.24, 2.45) is 4.99 Å². The third-order valence-corrected chi connectivity index (χ3v) is 3.35. The normalized spacial score (nSPS) is 10.7. The molecular formula is C17H37N3O2. The smallest absolute Gasteiger partial charge is 0.303 e. The fourth-order valence-electron chi connectivity index (χ4n) is 2.12. The SMILES string of the molecule is CCCCCCCCCCCC(=O)O.CN=C(NC)N(C)C. The van der Waals surface area contributed by atoms with Gasteiger partial charge in [-0.2, -0.15) is 0 Å². The summed E-state index contributed by atoms with van der Waals surface area (Å²) in [5, 5.41) is 11.3. The number of hydrogen-bond acceptors (Lipinski definition) is 2. The van der Waals surface area contributed by atoms with Gasteiger partial charge in [0.05, 0.1) is 0 Å². The zero-order valence-corrected chi connectivity index (χ0v) is 15.3. The molecule has 0 aromatic heterocycles. The first-order valence-corrected chi connectivity index (χ1v) is 8.53. The second kappa shape index (κ2) is 17.8. The molecule has 0 rings (SSSR count). The van der Waals surface area contributed by atoms with E-state index in [-0.39, 0.29) is 0 Å². The maximum absolute atomic E-state index is 10.2. The van der Waals surface area contributed by atoms with Crippen LogP contribution >= 0.6 is 0 Å². The van der Waals surface area contributed by atoms with E-state index in [0.717, 1.165) is 18.8 Å². The number of rotatable bonds is 10. The van der Waals surface area contributed by atoms with E-state index in [2.05, 4.69) is 17.2 Å². The van der Waals surface area contributed by atoms with Gasteiger partial charge in [0.2, 0.25) is 0 Å². The molecule has 0 unspecified atom stereocenters. The number of carbonyl (C=O) groups is 1. The molecular weight excluding hydrogens is 278 g/mol. The number of hydrogen-bond donors (Lipinski definition) is 2. The highest BCUT2D eigenvalue weighted by molar-refractivity contribution is 5.78. The molecule has 0 aromatic rings. The molecule has 0 radical (unpaired) electrons. The highest BCUT2D eigenvalue weighted by Crippen LogP contribution is 2.10. The number of aliphatic carboxylic acids is 1. The van der Waals surface area contributed by atoms with E-state index in [1.807, 2.05) is 26.0 Å². The molecule has 2 N–H and O–H groups in total. The molecule has 0 fully saturated rings. The number of carboxylic acids is 1. The molecule has 0 aromatic carbocycles. The molecule has 22 heavy (non-hydrogen) atoms. The van der Waals surface area contributed by atoms with Crippen molar-refractivity contribution in [3.63, 3.8) is 0 Å². The van der Waals surface area contributed by atoms with Crippen LogP contribution in [0.2, 0.25) is 0 Å². The van der Waals surface area contributed by atoms with Gasteiger partial charge in [0.25, 0.3) is 0 Å². The fourth-order valence-corrected chi connectivity index (χ4v) is 2.12. The molecule has 0 saturated heterocycles. The van der Waals surface area contributed by atoms with Crippen molar-refractivity contribution >= 4 is 11.9 Å². The Morgan fingerprint density at radius 2 is 1.45 bits per heavy atom. The summed E-state index contributed by atoms with van der Waals surface area (Å²) in [4.78, 5) is 16.1. The molecule has 0 aliphatic rings. The summed E-state index contributed by atoms with van der Waals surface area (Å²) < 4.78 is 0. The lowest BCUT2D eigenvalue weighted by molar-refractivity contribution is -0.137. The topological polar surface area (TPSA) is 64.9 Å². The van der Waals surface area contributed by atoms with Gasteiger partial charge in [0, 0.05) is 34.6 Å². The first-order chi connectivity index (χ1) is 10.5. The van der Waals surface area contributed by atoms with Gasteiger partial charge >= 0.3 is 5.97 Å². The summed E-state index contributed by atoms with van der Waals surface area (Å²) in [5.41, 5.74) is 0. The monoisotopic (exact) mass is 315 g/mol. The fraction of sp³-hybridized carbons (Fsp3) is 0.882. The maximum atomic E-state index is 10.2. The molecule has 0 amide bonds. The van der Waals surface area contributed by atoms with Gasteiger partial charge in [-0.3, -0.25) is 9.79 Å². The molecule has 0 atom stereocenters. The highest BCUT2D eigenvalue weighted by atomic mass is 16.4. The van der Waals surface area contributed by atoms with E-state index in [4.69, 9.17) is 5.11 Å². The predicted molar refractivity (Wildman–Crippen MR) is 95.6 cm³/mol. The Balaban J connectivity index is 0. The van der Waals surface area contributed by atoms with Gasteiger partial charge in [0.1, 0.15) is 0 Å². The summed E-state index contributed by atoms with van der Waals surface area (Å²) in [7, 11) is 7.49. The Bertz CT molecular complexity index is 279. The minimum Gasteiger partial charge on any atom is -0.481 e. The van der Waals surface area contributed by atoms with E-state index in [9.17, 15) is 4.79 Å². The molecule has 0 aliphatic carbocycles. The average molecular weight is 316 g/mol. The molecule has 0 bridgehead atoms. The number of nitrogens with zero attached hydrogens (tertiary/aromatic N) is 2. The van der Waals surface area contributed by atoms with Crippen LogP contribution in [-0.4, -0.2) is 50.1 Å². The van der Waals surface area contributed by atoms with Crippen LogP contribution in [0.15, 0.2) is 4.99 Å². The first kappa shape index (κ1) is 23.0. The Kier molecular flexibility index (Phi) is 18.6. The largest absolute Gasteiger partial charge is 0.481 e. The van der Waals surface area contributed by atoms with Crippen LogP contribution in [0, 0.1) is 0 Å². The molecule has 0 spiro atoms. The Hall–Kier alpha value is -1.26. The van der Waals surface area contributed by atoms with E-state index in [0.29, 0.717) is 6.42 Å². The van der Waals surface area contributed by atoms with Crippen LogP contribution in [0.25, 0.3) is 0 Å². The Morgan fingerprint density at radius 3 is 1.73 bits per heavy atom. The van der Waals surface area contributed by atoms with Gasteiger partial charge in [-0.05, 0) is 6.42 Å². The van der Waals surface area contributed by atoms with Crippen LogP contribution in [0.4, 0.5) is 0 Å². The van der Waals surface area contributed by atoms with Crippen LogP contribution in [0.5, 0.6) is 0 Å². The predicted octanol–water partition coefficient (Wildman–Crippen LogP) is 3.75. The summed E-state index contributed by atoms with van der Waals surface area (Å²) >= 11 is 0. The third kappa shape index (κ3) is 18.7. The van der Waals surface area contributed by atoms with Gasteiger partial charge in [-0.15, -0.1) is 0 Å². The van der Waals surface area contributed by atoms with Gasteiger partial charge in [-0.1, -0.05) is 58.3 Å². The molecule has 5 heteroatoms. The standard InChI is InChI=1S/C12H24O2.C5H13N3/c1-2-3-4-5-6-7-8-9-10-11-12(13)14;1-6-5(7-2)8(3)4/h2-11H2,1H3,(H,13,14);1-4H3,(H,6,7). The zero-order valence-electron chi connectivity index (χ0n) is 15.3. The van der Waals surface area contributed by atoms with Crippen molar-refractivity contribution in [2.75, 3.05) is 28.2 Å². The van der Waals surface area contributed by atoms with Crippen molar-refractivity contribution in [3.05, 3.63) is 0 Å². The Labute approximate surface area is 137 Å². The van der Waals surface area contributed by atoms with Crippen molar-refractivity contribution in [2.45, 2.75) is 71.1 Å². The van der Waals surface area contributed by atoms with E-state index in [1.165, 1.54) is 44.9 Å². The molecule has 5 nitrogen and oxygen atoms in total. The third-order valence-electron chi connectivity index (χ3n) is 3.35. The number of aliphatic imine (C=N–C) groups is 1. The van der Waals surface area contributed by atoms with Crippen molar-refractivity contribution in [3.8, 4) is 0 Å². The van der Waals surface area contributed by atoms with Crippen LogP contribution in [0.3, 0.4) is 0 Å². The summed E-state index contributed by atoms with van der Waals surface area (Å²) in [6.07, 6.45) is 11.5. The minimum atomic E-state index is -0.659. The number of nitrogens with one attached hydrogen (secondary N) is 1. The second-order valence-electron chi connectivity index (χ2n) is 5.66. The van der Waals surface area contributed by atoms with Gasteiger partial charge in [-0.25, -0.2) is 0 Å². The molecule has 0 heterocycles. The minimum absolute atomic E-state index is 0.343. The number of guanidine groups is 1. The van der Waals surface area contributed by atoms with Gasteiger partial charge < -0.3 is 15.3 Å². The van der Waals surface area contributed by atoms with E-state index >= 15 is 0 Å². The molecule has 132 valence electrons. The number of carboxylic acid groups (broad SMARTS) is 1. The lowest BCUT2D eigenvalue weighted by Gasteiger charge is -2.12. The van der Waals surface area contributed by atoms with Crippen LogP contribution < -0.4 is 5.32 Å². The van der Waals surface area contributed by atoms with E-state index < -0.39 is 5.97 Å². The van der Waals surface area contributed by atoms with Gasteiger partial charge in [0.15, 0.2) is 5.96 Å². The van der Waals surface area contributed by atoms with Crippen LogP contribution in [-0.2, 0) is 4.79 Å². The zero-order chi connectivity index (χ0) is 17.2. The lowest BCUT2D eigenvalue weighted by Crippen LogP contribution is -2.33. The van der Waals surface area contributed by atoms with Crippen molar-refractivity contribution in [1.29, 1.82) is 0 Å².